The van der Waals surface area contributed by atoms with Crippen molar-refractivity contribution in [2.75, 3.05) is 19.6 Å². The molecule has 0 radical (unpaired) electrons. The van der Waals surface area contributed by atoms with Crippen LogP contribution in [0.25, 0.3) is 0 Å². The van der Waals surface area contributed by atoms with Crippen LogP contribution >= 0.6 is 0 Å². The minimum atomic E-state index is -0.143. The molecule has 0 N–H and O–H groups in total. The lowest BCUT2D eigenvalue weighted by molar-refractivity contribution is -0.137. The number of carbonyl (C=O) groups excluding carboxylic acids is 2. The fraction of sp³-hybridized carbons (Fsp3) is 0.765. The molecule has 3 heterocycles. The van der Waals surface area contributed by atoms with Crippen LogP contribution in [0.1, 0.15) is 57.9 Å². The van der Waals surface area contributed by atoms with Crippen molar-refractivity contribution in [1.29, 1.82) is 0 Å². The summed E-state index contributed by atoms with van der Waals surface area (Å²) in [5.74, 6) is 1.33. The van der Waals surface area contributed by atoms with Gasteiger partial charge in [0.25, 0.3) is 0 Å². The molecule has 3 rings (SSSR count). The van der Waals surface area contributed by atoms with Crippen LogP contribution < -0.4 is 0 Å². The van der Waals surface area contributed by atoms with Crippen LogP contribution in [0.15, 0.2) is 4.42 Å². The largest absolute Gasteiger partial charge is 0.423 e. The molecule has 2 aliphatic heterocycles. The summed E-state index contributed by atoms with van der Waals surface area (Å²) >= 11 is 0. The molecule has 7 heteroatoms. The number of hydrogen-bond acceptors (Lipinski definition) is 5. The summed E-state index contributed by atoms with van der Waals surface area (Å²) in [6, 6.07) is -0.143. The Hall–Kier alpha value is -1.92. The van der Waals surface area contributed by atoms with Crippen LogP contribution in [0.2, 0.25) is 0 Å². The molecule has 1 unspecified atom stereocenters. The van der Waals surface area contributed by atoms with Gasteiger partial charge in [-0.2, -0.15) is 0 Å². The van der Waals surface area contributed by atoms with Gasteiger partial charge in [0.05, 0.1) is 0 Å². The molecular weight excluding hydrogens is 308 g/mol. The van der Waals surface area contributed by atoms with Crippen molar-refractivity contribution in [3.8, 4) is 0 Å². The highest BCUT2D eigenvalue weighted by molar-refractivity contribution is 5.78. The Bertz CT molecular complexity index is 632. The number of amides is 2. The van der Waals surface area contributed by atoms with Crippen molar-refractivity contribution < 1.29 is 14.0 Å². The lowest BCUT2D eigenvalue weighted by Crippen LogP contribution is -2.45. The Labute approximate surface area is 142 Å². The molecule has 7 nitrogen and oxygen atoms in total. The van der Waals surface area contributed by atoms with Crippen LogP contribution in [-0.2, 0) is 9.59 Å². The summed E-state index contributed by atoms with van der Waals surface area (Å²) in [5, 5.41) is 8.04. The minimum Gasteiger partial charge on any atom is -0.423 e. The van der Waals surface area contributed by atoms with E-state index in [0.717, 1.165) is 32.4 Å². The first-order chi connectivity index (χ1) is 11.3. The van der Waals surface area contributed by atoms with Crippen molar-refractivity contribution in [3.63, 3.8) is 0 Å². The highest BCUT2D eigenvalue weighted by Gasteiger charge is 2.49. The van der Waals surface area contributed by atoms with E-state index in [4.69, 9.17) is 4.42 Å². The van der Waals surface area contributed by atoms with Crippen LogP contribution in [-0.4, -0.2) is 51.4 Å². The van der Waals surface area contributed by atoms with Gasteiger partial charge in [-0.1, -0.05) is 13.8 Å². The van der Waals surface area contributed by atoms with Gasteiger partial charge in [-0.05, 0) is 24.7 Å². The van der Waals surface area contributed by atoms with Crippen molar-refractivity contribution >= 4 is 11.8 Å². The van der Waals surface area contributed by atoms with E-state index < -0.39 is 0 Å². The maximum atomic E-state index is 12.2. The summed E-state index contributed by atoms with van der Waals surface area (Å²) in [6.45, 7) is 9.46. The molecule has 1 atom stereocenters. The quantitative estimate of drug-likeness (QED) is 0.826. The number of aryl methyl sites for hydroxylation is 1. The number of carbonyl (C=O) groups is 2. The van der Waals surface area contributed by atoms with Crippen LogP contribution in [0.4, 0.5) is 0 Å². The molecule has 0 saturated carbocycles. The van der Waals surface area contributed by atoms with Gasteiger partial charge in [0.15, 0.2) is 0 Å². The van der Waals surface area contributed by atoms with Crippen LogP contribution in [0, 0.1) is 18.3 Å². The van der Waals surface area contributed by atoms with Crippen molar-refractivity contribution in [2.24, 2.45) is 11.3 Å². The zero-order valence-electron chi connectivity index (χ0n) is 14.9. The predicted octanol–water partition coefficient (Wildman–Crippen LogP) is 1.94. The summed E-state index contributed by atoms with van der Waals surface area (Å²) in [5.41, 5.74) is 0.0481. The molecule has 2 aliphatic rings. The third-order valence-corrected chi connectivity index (χ3v) is 5.37. The molecule has 2 saturated heterocycles. The summed E-state index contributed by atoms with van der Waals surface area (Å²) in [4.78, 5) is 28.1. The average Bonchev–Trinajstić information content (AvgIpc) is 3.12. The van der Waals surface area contributed by atoms with Gasteiger partial charge >= 0.3 is 0 Å². The Balaban J connectivity index is 1.74. The Morgan fingerprint density at radius 1 is 1.25 bits per heavy atom. The summed E-state index contributed by atoms with van der Waals surface area (Å²) in [7, 11) is 0. The topological polar surface area (TPSA) is 79.5 Å². The predicted molar refractivity (Wildman–Crippen MR) is 86.9 cm³/mol. The van der Waals surface area contributed by atoms with E-state index >= 15 is 0 Å². The summed E-state index contributed by atoms with van der Waals surface area (Å²) in [6.07, 6.45) is 2.66. The lowest BCUT2D eigenvalue weighted by Gasteiger charge is -2.39. The summed E-state index contributed by atoms with van der Waals surface area (Å²) < 4.78 is 5.59. The second-order valence-electron chi connectivity index (χ2n) is 7.51. The van der Waals surface area contributed by atoms with Gasteiger partial charge in [0, 0.05) is 39.4 Å². The van der Waals surface area contributed by atoms with E-state index in [-0.39, 0.29) is 29.2 Å². The zero-order chi connectivity index (χ0) is 17.5. The van der Waals surface area contributed by atoms with Gasteiger partial charge in [-0.25, -0.2) is 0 Å². The molecule has 1 spiro atoms. The first kappa shape index (κ1) is 16.9. The molecule has 0 aliphatic carbocycles. The van der Waals surface area contributed by atoms with Crippen molar-refractivity contribution in [2.45, 2.75) is 53.0 Å². The van der Waals surface area contributed by atoms with Crippen LogP contribution in [0.5, 0.6) is 0 Å². The van der Waals surface area contributed by atoms with E-state index in [0.29, 0.717) is 18.3 Å². The van der Waals surface area contributed by atoms with E-state index in [1.807, 2.05) is 23.6 Å². The maximum absolute atomic E-state index is 12.2. The van der Waals surface area contributed by atoms with E-state index in [9.17, 15) is 9.59 Å². The normalized spacial score (nSPS) is 23.3. The first-order valence-electron chi connectivity index (χ1n) is 8.67. The second-order valence-corrected chi connectivity index (χ2v) is 7.51. The van der Waals surface area contributed by atoms with Gasteiger partial charge in [0.1, 0.15) is 6.04 Å². The fourth-order valence-corrected chi connectivity index (χ4v) is 3.98. The van der Waals surface area contributed by atoms with E-state index in [1.54, 1.807) is 13.8 Å². The van der Waals surface area contributed by atoms with Crippen molar-refractivity contribution in [3.05, 3.63) is 11.8 Å². The molecule has 0 aromatic carbocycles. The van der Waals surface area contributed by atoms with Gasteiger partial charge in [-0.15, -0.1) is 10.2 Å². The highest BCUT2D eigenvalue weighted by atomic mass is 16.4. The number of hydrogen-bond donors (Lipinski definition) is 0. The maximum Gasteiger partial charge on any atom is 0.238 e. The molecule has 1 aromatic heterocycles. The highest BCUT2D eigenvalue weighted by Crippen LogP contribution is 2.48. The Morgan fingerprint density at radius 3 is 2.42 bits per heavy atom. The van der Waals surface area contributed by atoms with E-state index in [2.05, 4.69) is 10.2 Å². The van der Waals surface area contributed by atoms with Gasteiger partial charge in [-0.3, -0.25) is 9.59 Å². The minimum absolute atomic E-state index is 0.0328. The molecule has 0 bridgehead atoms. The second kappa shape index (κ2) is 6.18. The number of likely N-dealkylation sites (tertiary alicyclic amines) is 2. The Kier molecular flexibility index (Phi) is 4.36. The SMILES string of the molecule is CC(=O)N1CC2(CCN(C(=O)C(C)C)CC2)CC1c1nnc(C)o1. The molecule has 132 valence electrons. The van der Waals surface area contributed by atoms with E-state index in [1.165, 1.54) is 0 Å². The standard InChI is InChI=1S/C17H26N4O3/c1-11(2)16(23)20-7-5-17(6-8-20)9-14(21(10-17)13(4)22)15-19-18-12(3)24-15/h11,14H,5-10H2,1-4H3. The molecule has 2 amide bonds. The monoisotopic (exact) mass is 334 g/mol. The molecular formula is C17H26N4O3. The lowest BCUT2D eigenvalue weighted by atomic mass is 9.76. The zero-order valence-corrected chi connectivity index (χ0v) is 14.9. The number of piperidine rings is 1. The van der Waals surface area contributed by atoms with Crippen molar-refractivity contribution in [1.82, 2.24) is 20.0 Å². The first-order valence-corrected chi connectivity index (χ1v) is 8.67. The molecule has 24 heavy (non-hydrogen) atoms. The average molecular weight is 334 g/mol. The molecule has 2 fully saturated rings. The smallest absolute Gasteiger partial charge is 0.238 e. The number of rotatable bonds is 2. The fourth-order valence-electron chi connectivity index (χ4n) is 3.98. The molecule has 1 aromatic rings. The third kappa shape index (κ3) is 3.03. The van der Waals surface area contributed by atoms with Gasteiger partial charge in [0.2, 0.25) is 23.6 Å². The number of aromatic nitrogens is 2. The van der Waals surface area contributed by atoms with Crippen LogP contribution in [0.3, 0.4) is 0 Å². The Morgan fingerprint density at radius 2 is 1.92 bits per heavy atom. The number of nitrogens with zero attached hydrogens (tertiary/aromatic N) is 4. The third-order valence-electron chi connectivity index (χ3n) is 5.37. The van der Waals surface area contributed by atoms with Gasteiger partial charge < -0.3 is 14.2 Å².